The summed E-state index contributed by atoms with van der Waals surface area (Å²) in [4.78, 5) is 13.4. The first-order valence-corrected chi connectivity index (χ1v) is 6.83. The molecule has 0 aromatic carbocycles. The van der Waals surface area contributed by atoms with Gasteiger partial charge in [0.15, 0.2) is 0 Å². The molecule has 0 spiro atoms. The number of aliphatic carboxylic acids is 1. The van der Waals surface area contributed by atoms with Gasteiger partial charge in [0.05, 0.1) is 19.1 Å². The summed E-state index contributed by atoms with van der Waals surface area (Å²) in [6.45, 7) is 8.24. The maximum absolute atomic E-state index is 11.2. The van der Waals surface area contributed by atoms with Gasteiger partial charge < -0.3 is 14.6 Å². The zero-order chi connectivity index (χ0) is 13.4. The van der Waals surface area contributed by atoms with Gasteiger partial charge in [-0.2, -0.15) is 0 Å². The van der Waals surface area contributed by atoms with Crippen molar-refractivity contribution >= 4 is 5.97 Å². The van der Waals surface area contributed by atoms with Gasteiger partial charge in [-0.15, -0.1) is 0 Å². The zero-order valence-corrected chi connectivity index (χ0v) is 11.4. The molecule has 1 rings (SSSR count). The van der Waals surface area contributed by atoms with Gasteiger partial charge in [-0.1, -0.05) is 6.92 Å². The Bertz CT molecular complexity index is 247. The van der Waals surface area contributed by atoms with Crippen molar-refractivity contribution in [2.75, 3.05) is 39.5 Å². The van der Waals surface area contributed by atoms with E-state index in [1.54, 1.807) is 0 Å². The molecule has 5 nitrogen and oxygen atoms in total. The summed E-state index contributed by atoms with van der Waals surface area (Å²) in [5.74, 6) is -1.13. The number of ether oxygens (including phenoxy) is 2. The second-order valence-corrected chi connectivity index (χ2v) is 4.64. The Kier molecular flexibility index (Phi) is 7.23. The van der Waals surface area contributed by atoms with E-state index in [2.05, 4.69) is 11.8 Å². The Labute approximate surface area is 109 Å². The molecule has 1 aliphatic heterocycles. The molecule has 1 fully saturated rings. The Hall–Kier alpha value is -0.650. The van der Waals surface area contributed by atoms with Gasteiger partial charge in [0.1, 0.15) is 0 Å². The summed E-state index contributed by atoms with van der Waals surface area (Å²) in [5, 5.41) is 9.18. The molecular formula is C13H25NO4. The van der Waals surface area contributed by atoms with Crippen LogP contribution in [0.5, 0.6) is 0 Å². The lowest BCUT2D eigenvalue weighted by molar-refractivity contribution is -0.143. The van der Waals surface area contributed by atoms with Gasteiger partial charge in [0, 0.05) is 25.8 Å². The van der Waals surface area contributed by atoms with E-state index in [0.29, 0.717) is 13.2 Å². The average Bonchev–Trinajstić information content (AvgIpc) is 2.82. The second kappa shape index (κ2) is 8.45. The Morgan fingerprint density at radius 2 is 2.17 bits per heavy atom. The van der Waals surface area contributed by atoms with E-state index in [1.807, 2.05) is 6.92 Å². The monoisotopic (exact) mass is 259 g/mol. The molecule has 106 valence electrons. The third-order valence-corrected chi connectivity index (χ3v) is 3.29. The fraction of sp³-hybridized carbons (Fsp3) is 0.923. The molecule has 0 bridgehead atoms. The first kappa shape index (κ1) is 15.4. The van der Waals surface area contributed by atoms with E-state index in [-0.39, 0.29) is 12.0 Å². The molecule has 0 aromatic heterocycles. The minimum Gasteiger partial charge on any atom is -0.481 e. The topological polar surface area (TPSA) is 59.0 Å². The van der Waals surface area contributed by atoms with E-state index in [9.17, 15) is 9.90 Å². The molecule has 0 amide bonds. The van der Waals surface area contributed by atoms with Crippen molar-refractivity contribution in [1.82, 2.24) is 4.90 Å². The number of hydrogen-bond acceptors (Lipinski definition) is 4. The third kappa shape index (κ3) is 4.55. The third-order valence-electron chi connectivity index (χ3n) is 3.29. The molecule has 1 saturated heterocycles. The van der Waals surface area contributed by atoms with Crippen molar-refractivity contribution in [2.24, 2.45) is 5.92 Å². The lowest BCUT2D eigenvalue weighted by Gasteiger charge is -2.29. The molecule has 0 aromatic rings. The number of carboxylic acid groups (broad SMARTS) is 1. The highest BCUT2D eigenvalue weighted by atomic mass is 16.5. The van der Waals surface area contributed by atoms with Crippen LogP contribution in [-0.4, -0.2) is 61.5 Å². The van der Waals surface area contributed by atoms with Crippen LogP contribution >= 0.6 is 0 Å². The van der Waals surface area contributed by atoms with Crippen LogP contribution in [0.1, 0.15) is 26.7 Å². The Balaban J connectivity index is 2.46. The quantitative estimate of drug-likeness (QED) is 0.631. The van der Waals surface area contributed by atoms with E-state index in [1.165, 1.54) is 0 Å². The molecule has 2 atom stereocenters. The summed E-state index contributed by atoms with van der Waals surface area (Å²) in [5.41, 5.74) is 0. The van der Waals surface area contributed by atoms with Gasteiger partial charge in [-0.05, 0) is 26.3 Å². The van der Waals surface area contributed by atoms with Gasteiger partial charge in [-0.3, -0.25) is 9.69 Å². The summed E-state index contributed by atoms with van der Waals surface area (Å²) >= 11 is 0. The second-order valence-electron chi connectivity index (χ2n) is 4.64. The fourth-order valence-corrected chi connectivity index (χ4v) is 2.38. The van der Waals surface area contributed by atoms with Crippen LogP contribution in [-0.2, 0) is 14.3 Å². The highest BCUT2D eigenvalue weighted by molar-refractivity contribution is 5.71. The highest BCUT2D eigenvalue weighted by Gasteiger charge is 2.37. The van der Waals surface area contributed by atoms with Crippen molar-refractivity contribution in [3.05, 3.63) is 0 Å². The van der Waals surface area contributed by atoms with Crippen LogP contribution < -0.4 is 0 Å². The van der Waals surface area contributed by atoms with Crippen LogP contribution in [0.15, 0.2) is 0 Å². The SMILES string of the molecule is CCCN(CCCOCC)C1COCC1C(=O)O. The lowest BCUT2D eigenvalue weighted by atomic mass is 10.0. The molecule has 0 saturated carbocycles. The summed E-state index contributed by atoms with van der Waals surface area (Å²) in [7, 11) is 0. The smallest absolute Gasteiger partial charge is 0.310 e. The van der Waals surface area contributed by atoms with Gasteiger partial charge in [-0.25, -0.2) is 0 Å². The summed E-state index contributed by atoms with van der Waals surface area (Å²) in [6.07, 6.45) is 1.97. The fourth-order valence-electron chi connectivity index (χ4n) is 2.38. The van der Waals surface area contributed by atoms with Crippen LogP contribution in [0.3, 0.4) is 0 Å². The summed E-state index contributed by atoms with van der Waals surface area (Å²) < 4.78 is 10.7. The highest BCUT2D eigenvalue weighted by Crippen LogP contribution is 2.20. The standard InChI is InChI=1S/C13H25NO4/c1-3-6-14(7-5-8-17-4-2)12-10-18-9-11(12)13(15)16/h11-12H,3-10H2,1-2H3,(H,15,16). The first-order chi connectivity index (χ1) is 8.70. The van der Waals surface area contributed by atoms with Crippen LogP contribution in [0, 0.1) is 5.92 Å². The molecule has 1 N–H and O–H groups in total. The van der Waals surface area contributed by atoms with Gasteiger partial charge in [0.2, 0.25) is 0 Å². The maximum Gasteiger partial charge on any atom is 0.310 e. The minimum absolute atomic E-state index is 0.0177. The molecule has 1 aliphatic rings. The number of rotatable bonds is 9. The van der Waals surface area contributed by atoms with E-state index in [0.717, 1.165) is 39.1 Å². The predicted molar refractivity (Wildman–Crippen MR) is 68.7 cm³/mol. The van der Waals surface area contributed by atoms with Crippen molar-refractivity contribution in [1.29, 1.82) is 0 Å². The average molecular weight is 259 g/mol. The lowest BCUT2D eigenvalue weighted by Crippen LogP contribution is -2.44. The first-order valence-electron chi connectivity index (χ1n) is 6.83. The maximum atomic E-state index is 11.2. The number of hydrogen-bond donors (Lipinski definition) is 1. The summed E-state index contributed by atoms with van der Waals surface area (Å²) in [6, 6.07) is 0.0177. The molecule has 0 aliphatic carbocycles. The minimum atomic E-state index is -0.747. The van der Waals surface area contributed by atoms with Crippen molar-refractivity contribution in [3.8, 4) is 0 Å². The van der Waals surface area contributed by atoms with E-state index >= 15 is 0 Å². The van der Waals surface area contributed by atoms with Crippen molar-refractivity contribution in [2.45, 2.75) is 32.7 Å². The predicted octanol–water partition coefficient (Wildman–Crippen LogP) is 1.22. The molecular weight excluding hydrogens is 234 g/mol. The molecule has 0 radical (unpaired) electrons. The number of nitrogens with zero attached hydrogens (tertiary/aromatic N) is 1. The molecule has 5 heteroatoms. The Morgan fingerprint density at radius 3 is 2.78 bits per heavy atom. The number of carbonyl (C=O) groups is 1. The van der Waals surface area contributed by atoms with Crippen molar-refractivity contribution < 1.29 is 19.4 Å². The van der Waals surface area contributed by atoms with Crippen molar-refractivity contribution in [3.63, 3.8) is 0 Å². The van der Waals surface area contributed by atoms with Crippen LogP contribution in [0.4, 0.5) is 0 Å². The molecule has 2 unspecified atom stereocenters. The molecule has 18 heavy (non-hydrogen) atoms. The van der Waals surface area contributed by atoms with E-state index < -0.39 is 5.97 Å². The van der Waals surface area contributed by atoms with Gasteiger partial charge >= 0.3 is 5.97 Å². The van der Waals surface area contributed by atoms with Gasteiger partial charge in [0.25, 0.3) is 0 Å². The molecule has 1 heterocycles. The van der Waals surface area contributed by atoms with Crippen LogP contribution in [0.25, 0.3) is 0 Å². The normalized spacial score (nSPS) is 23.7. The number of carboxylic acids is 1. The Morgan fingerprint density at radius 1 is 1.39 bits per heavy atom. The van der Waals surface area contributed by atoms with E-state index in [4.69, 9.17) is 9.47 Å². The van der Waals surface area contributed by atoms with Crippen LogP contribution in [0.2, 0.25) is 0 Å². The zero-order valence-electron chi connectivity index (χ0n) is 11.4. The largest absolute Gasteiger partial charge is 0.481 e.